The minimum absolute atomic E-state index is 0.0473. The Bertz CT molecular complexity index is 1020. The Morgan fingerprint density at radius 1 is 0.871 bits per heavy atom. The Kier molecular flexibility index (Phi) is 6.84. The fourth-order valence-corrected chi connectivity index (χ4v) is 4.74. The van der Waals surface area contributed by atoms with Crippen LogP contribution in [0.3, 0.4) is 0 Å². The van der Waals surface area contributed by atoms with E-state index in [0.717, 1.165) is 33.7 Å². The molecule has 1 N–H and O–H groups in total. The highest BCUT2D eigenvalue weighted by Crippen LogP contribution is 2.37. The number of hydrogen-bond donors (Lipinski definition) is 1. The molecule has 31 heavy (non-hydrogen) atoms. The molecule has 0 aliphatic heterocycles. The normalized spacial score (nSPS) is 18.8. The van der Waals surface area contributed by atoms with Gasteiger partial charge < -0.3 is 9.84 Å². The summed E-state index contributed by atoms with van der Waals surface area (Å²) in [7, 11) is 1.62. The van der Waals surface area contributed by atoms with Crippen molar-refractivity contribution in [1.29, 1.82) is 0 Å². The van der Waals surface area contributed by atoms with Crippen LogP contribution in [0.25, 0.3) is 22.3 Å². The summed E-state index contributed by atoms with van der Waals surface area (Å²) in [5, 5.41) is 9.41. The van der Waals surface area contributed by atoms with Crippen molar-refractivity contribution < 1.29 is 14.2 Å². The van der Waals surface area contributed by atoms with Gasteiger partial charge in [-0.3, -0.25) is 0 Å². The summed E-state index contributed by atoms with van der Waals surface area (Å²) in [6.45, 7) is 2.66. The molecule has 3 aromatic carbocycles. The number of halogens is 1. The summed E-state index contributed by atoms with van der Waals surface area (Å²) >= 11 is 0. The van der Waals surface area contributed by atoms with Gasteiger partial charge in [0.25, 0.3) is 0 Å². The van der Waals surface area contributed by atoms with Crippen molar-refractivity contribution >= 4 is 0 Å². The summed E-state index contributed by atoms with van der Waals surface area (Å²) in [5.41, 5.74) is 6.32. The van der Waals surface area contributed by atoms with Crippen molar-refractivity contribution in [3.8, 4) is 22.3 Å². The van der Waals surface area contributed by atoms with Gasteiger partial charge in [-0.2, -0.15) is 0 Å². The van der Waals surface area contributed by atoms with Gasteiger partial charge in [0.1, 0.15) is 5.82 Å². The lowest BCUT2D eigenvalue weighted by molar-refractivity contribution is 0.185. The Hall–Kier alpha value is -2.49. The number of rotatable bonds is 6. The number of benzene rings is 3. The smallest absolute Gasteiger partial charge is 0.131 e. The van der Waals surface area contributed by atoms with Crippen molar-refractivity contribution in [2.75, 3.05) is 7.11 Å². The third kappa shape index (κ3) is 4.89. The van der Waals surface area contributed by atoms with Crippen molar-refractivity contribution in [2.45, 2.75) is 51.7 Å². The molecule has 0 bridgehead atoms. The van der Waals surface area contributed by atoms with Crippen LogP contribution in [0.2, 0.25) is 0 Å². The lowest BCUT2D eigenvalue weighted by Gasteiger charge is -2.26. The van der Waals surface area contributed by atoms with E-state index in [1.807, 2.05) is 30.3 Å². The zero-order valence-corrected chi connectivity index (χ0v) is 18.4. The van der Waals surface area contributed by atoms with E-state index in [1.54, 1.807) is 13.2 Å². The van der Waals surface area contributed by atoms with Crippen LogP contribution in [0.5, 0.6) is 0 Å². The van der Waals surface area contributed by atoms with Gasteiger partial charge in [-0.25, -0.2) is 4.39 Å². The molecule has 2 nitrogen and oxygen atoms in total. The Morgan fingerprint density at radius 2 is 1.55 bits per heavy atom. The summed E-state index contributed by atoms with van der Waals surface area (Å²) < 4.78 is 20.4. The van der Waals surface area contributed by atoms with E-state index < -0.39 is 0 Å². The van der Waals surface area contributed by atoms with E-state index in [-0.39, 0.29) is 12.4 Å². The second-order valence-electron chi connectivity index (χ2n) is 8.86. The molecule has 3 aromatic rings. The van der Waals surface area contributed by atoms with Crippen LogP contribution in [-0.2, 0) is 18.0 Å². The van der Waals surface area contributed by atoms with Crippen LogP contribution in [0, 0.1) is 11.7 Å². The number of ether oxygens (including phenoxy) is 1. The maximum Gasteiger partial charge on any atom is 0.131 e. The zero-order chi connectivity index (χ0) is 21.8. The molecule has 1 aliphatic carbocycles. The van der Waals surface area contributed by atoms with E-state index >= 15 is 4.39 Å². The van der Waals surface area contributed by atoms with Gasteiger partial charge in [-0.1, -0.05) is 74.4 Å². The van der Waals surface area contributed by atoms with Crippen molar-refractivity contribution in [1.82, 2.24) is 0 Å². The monoisotopic (exact) mass is 418 g/mol. The maximum atomic E-state index is 15.1. The quantitative estimate of drug-likeness (QED) is 0.463. The maximum absolute atomic E-state index is 15.1. The molecular formula is C28H31FO2. The van der Waals surface area contributed by atoms with Crippen molar-refractivity contribution in [2.24, 2.45) is 5.92 Å². The largest absolute Gasteiger partial charge is 0.392 e. The summed E-state index contributed by atoms with van der Waals surface area (Å²) in [4.78, 5) is 0. The van der Waals surface area contributed by atoms with Gasteiger partial charge in [-0.05, 0) is 64.1 Å². The van der Waals surface area contributed by atoms with Gasteiger partial charge in [0.15, 0.2) is 0 Å². The standard InChI is InChI=1S/C28H31FO2/c1-19-3-6-21(7-4-19)22-8-10-23(11-9-22)24-12-14-27(28(29)16-24)26-13-5-20(17-30)15-25(26)18-31-2/h5,8-16,19,21,30H,3-4,6-7,17-18H2,1-2H3. The predicted molar refractivity (Wildman–Crippen MR) is 124 cm³/mol. The summed E-state index contributed by atoms with van der Waals surface area (Å²) in [5.74, 6) is 1.25. The number of aliphatic hydroxyl groups excluding tert-OH is 1. The first kappa shape index (κ1) is 21.7. The van der Waals surface area contributed by atoms with Crippen molar-refractivity contribution in [3.63, 3.8) is 0 Å². The van der Waals surface area contributed by atoms with E-state index in [4.69, 9.17) is 4.74 Å². The van der Waals surface area contributed by atoms with E-state index in [2.05, 4.69) is 31.2 Å². The topological polar surface area (TPSA) is 29.5 Å². The molecule has 0 saturated heterocycles. The highest BCUT2D eigenvalue weighted by atomic mass is 19.1. The molecule has 0 radical (unpaired) electrons. The number of hydrogen-bond acceptors (Lipinski definition) is 2. The van der Waals surface area contributed by atoms with Crippen molar-refractivity contribution in [3.05, 3.63) is 83.2 Å². The zero-order valence-electron chi connectivity index (χ0n) is 18.4. The lowest BCUT2D eigenvalue weighted by Crippen LogP contribution is -2.10. The Labute approximate surface area is 184 Å². The fraction of sp³-hybridized carbons (Fsp3) is 0.357. The van der Waals surface area contributed by atoms with Gasteiger partial charge in [0.05, 0.1) is 13.2 Å². The van der Waals surface area contributed by atoms with Crippen LogP contribution in [-0.4, -0.2) is 12.2 Å². The van der Waals surface area contributed by atoms with Gasteiger partial charge in [-0.15, -0.1) is 0 Å². The molecule has 162 valence electrons. The Balaban J connectivity index is 1.58. The SMILES string of the molecule is COCc1cc(CO)ccc1-c1ccc(-c2ccc(C3CCC(C)CC3)cc2)cc1F. The van der Waals surface area contributed by atoms with Gasteiger partial charge in [0.2, 0.25) is 0 Å². The van der Waals surface area contributed by atoms with Gasteiger partial charge >= 0.3 is 0 Å². The molecule has 0 heterocycles. The summed E-state index contributed by atoms with van der Waals surface area (Å²) in [6, 6.07) is 19.7. The number of aliphatic hydroxyl groups is 1. The molecule has 0 aromatic heterocycles. The van der Waals surface area contributed by atoms with Crippen LogP contribution in [0.4, 0.5) is 4.39 Å². The minimum Gasteiger partial charge on any atom is -0.392 e. The van der Waals surface area contributed by atoms with Crippen LogP contribution < -0.4 is 0 Å². The molecule has 0 spiro atoms. The summed E-state index contributed by atoms with van der Waals surface area (Å²) in [6.07, 6.45) is 5.15. The molecule has 0 amide bonds. The highest BCUT2D eigenvalue weighted by molar-refractivity contribution is 5.73. The highest BCUT2D eigenvalue weighted by Gasteiger charge is 2.19. The van der Waals surface area contributed by atoms with Gasteiger partial charge in [0, 0.05) is 12.7 Å². The second-order valence-corrected chi connectivity index (χ2v) is 8.86. The van der Waals surface area contributed by atoms with E-state index in [1.165, 1.54) is 31.2 Å². The average Bonchev–Trinajstić information content (AvgIpc) is 2.80. The third-order valence-corrected chi connectivity index (χ3v) is 6.64. The molecule has 0 atom stereocenters. The molecule has 1 fully saturated rings. The van der Waals surface area contributed by atoms with E-state index in [0.29, 0.717) is 18.1 Å². The predicted octanol–water partition coefficient (Wildman–Crippen LogP) is 7.09. The first-order valence-corrected chi connectivity index (χ1v) is 11.2. The van der Waals surface area contributed by atoms with Crippen LogP contribution >= 0.6 is 0 Å². The molecular weight excluding hydrogens is 387 g/mol. The molecule has 3 heteroatoms. The molecule has 1 aliphatic rings. The Morgan fingerprint density at radius 3 is 2.19 bits per heavy atom. The average molecular weight is 419 g/mol. The molecule has 0 unspecified atom stereocenters. The third-order valence-electron chi connectivity index (χ3n) is 6.64. The minimum atomic E-state index is -0.253. The number of methoxy groups -OCH3 is 1. The first-order chi connectivity index (χ1) is 15.1. The van der Waals surface area contributed by atoms with E-state index in [9.17, 15) is 5.11 Å². The van der Waals surface area contributed by atoms with Crippen LogP contribution in [0.1, 0.15) is 55.2 Å². The molecule has 4 rings (SSSR count). The second kappa shape index (κ2) is 9.76. The molecule has 1 saturated carbocycles. The lowest BCUT2D eigenvalue weighted by atomic mass is 9.79. The van der Waals surface area contributed by atoms with Crippen LogP contribution in [0.15, 0.2) is 60.7 Å². The first-order valence-electron chi connectivity index (χ1n) is 11.2. The fourth-order valence-electron chi connectivity index (χ4n) is 4.74.